The first kappa shape index (κ1) is 16.4. The first-order valence-electron chi connectivity index (χ1n) is 7.01. The van der Waals surface area contributed by atoms with E-state index in [1.807, 2.05) is 13.0 Å². The SMILES string of the molecule is Cc1cccc(NC(=O)Cn2c(C)cc(C)c([N+](=O)[O-])c2=O)c1. The van der Waals surface area contributed by atoms with Crippen molar-refractivity contribution in [1.29, 1.82) is 0 Å². The van der Waals surface area contributed by atoms with Crippen molar-refractivity contribution in [1.82, 2.24) is 4.57 Å². The van der Waals surface area contributed by atoms with Crippen LogP contribution >= 0.6 is 0 Å². The van der Waals surface area contributed by atoms with Gasteiger partial charge in [-0.3, -0.25) is 24.3 Å². The van der Waals surface area contributed by atoms with Crippen LogP contribution in [-0.4, -0.2) is 15.4 Å². The van der Waals surface area contributed by atoms with Crippen LogP contribution in [0.1, 0.15) is 16.8 Å². The van der Waals surface area contributed by atoms with Gasteiger partial charge in [0.2, 0.25) is 5.91 Å². The van der Waals surface area contributed by atoms with E-state index in [1.54, 1.807) is 25.1 Å². The van der Waals surface area contributed by atoms with E-state index in [9.17, 15) is 19.7 Å². The van der Waals surface area contributed by atoms with Crippen molar-refractivity contribution in [3.8, 4) is 0 Å². The predicted molar refractivity (Wildman–Crippen MR) is 86.6 cm³/mol. The first-order chi connectivity index (χ1) is 10.8. The van der Waals surface area contributed by atoms with Crippen LogP contribution in [0.4, 0.5) is 11.4 Å². The molecule has 0 fully saturated rings. The van der Waals surface area contributed by atoms with Crippen molar-refractivity contribution < 1.29 is 9.72 Å². The van der Waals surface area contributed by atoms with Gasteiger partial charge in [-0.2, -0.15) is 0 Å². The summed E-state index contributed by atoms with van der Waals surface area (Å²) in [4.78, 5) is 34.7. The van der Waals surface area contributed by atoms with Crippen LogP contribution in [0.25, 0.3) is 0 Å². The number of pyridine rings is 1. The monoisotopic (exact) mass is 315 g/mol. The van der Waals surface area contributed by atoms with Gasteiger partial charge in [0.1, 0.15) is 6.54 Å². The lowest BCUT2D eigenvalue weighted by Gasteiger charge is -2.11. The molecule has 1 amide bonds. The molecule has 1 aromatic heterocycles. The smallest absolute Gasteiger partial charge is 0.325 e. The van der Waals surface area contributed by atoms with Gasteiger partial charge in [-0.15, -0.1) is 0 Å². The van der Waals surface area contributed by atoms with E-state index in [1.165, 1.54) is 13.0 Å². The summed E-state index contributed by atoms with van der Waals surface area (Å²) < 4.78 is 1.11. The third kappa shape index (κ3) is 3.63. The molecule has 0 unspecified atom stereocenters. The molecule has 7 heteroatoms. The lowest BCUT2D eigenvalue weighted by atomic mass is 10.2. The normalized spacial score (nSPS) is 10.4. The topological polar surface area (TPSA) is 94.2 Å². The van der Waals surface area contributed by atoms with E-state index >= 15 is 0 Å². The molecule has 1 aromatic carbocycles. The molecule has 2 aromatic rings. The van der Waals surface area contributed by atoms with Gasteiger partial charge < -0.3 is 5.32 Å². The second kappa shape index (κ2) is 6.43. The fourth-order valence-electron chi connectivity index (χ4n) is 2.40. The maximum Gasteiger partial charge on any atom is 0.336 e. The molecule has 0 radical (unpaired) electrons. The molecule has 23 heavy (non-hydrogen) atoms. The van der Waals surface area contributed by atoms with Gasteiger partial charge in [-0.25, -0.2) is 0 Å². The highest BCUT2D eigenvalue weighted by Gasteiger charge is 2.21. The van der Waals surface area contributed by atoms with E-state index < -0.39 is 22.1 Å². The standard InChI is InChI=1S/C16H17N3O4/c1-10-5-4-6-13(7-10)17-14(20)9-18-12(3)8-11(2)15(16(18)21)19(22)23/h4-8H,9H2,1-3H3,(H,17,20). The van der Waals surface area contributed by atoms with Crippen LogP contribution in [0.15, 0.2) is 35.1 Å². The molecule has 120 valence electrons. The summed E-state index contributed by atoms with van der Waals surface area (Å²) in [6.07, 6.45) is 0. The minimum atomic E-state index is -0.771. The minimum Gasteiger partial charge on any atom is -0.325 e. The predicted octanol–water partition coefficient (Wildman–Crippen LogP) is 2.32. The van der Waals surface area contributed by atoms with E-state index in [0.717, 1.165) is 10.1 Å². The summed E-state index contributed by atoms with van der Waals surface area (Å²) in [5, 5.41) is 13.7. The maximum absolute atomic E-state index is 12.2. The van der Waals surface area contributed by atoms with E-state index in [-0.39, 0.29) is 12.1 Å². The summed E-state index contributed by atoms with van der Waals surface area (Å²) in [5.41, 5.74) is 1.11. The Labute approximate surface area is 132 Å². The van der Waals surface area contributed by atoms with Crippen LogP contribution in [0, 0.1) is 30.9 Å². The van der Waals surface area contributed by atoms with Gasteiger partial charge >= 0.3 is 11.2 Å². The molecule has 1 heterocycles. The van der Waals surface area contributed by atoms with E-state index in [0.29, 0.717) is 11.4 Å². The number of nitrogens with zero attached hydrogens (tertiary/aromatic N) is 2. The Hall–Kier alpha value is -2.96. The molecular weight excluding hydrogens is 298 g/mol. The minimum absolute atomic E-state index is 0.278. The molecular formula is C16H17N3O4. The molecule has 2 rings (SSSR count). The molecule has 0 aliphatic rings. The highest BCUT2D eigenvalue weighted by Crippen LogP contribution is 2.14. The second-order valence-corrected chi connectivity index (χ2v) is 5.38. The van der Waals surface area contributed by atoms with Gasteiger partial charge in [-0.1, -0.05) is 12.1 Å². The first-order valence-corrected chi connectivity index (χ1v) is 7.01. The lowest BCUT2D eigenvalue weighted by Crippen LogP contribution is -2.31. The average molecular weight is 315 g/mol. The van der Waals surface area contributed by atoms with Gasteiger partial charge in [0.15, 0.2) is 0 Å². The van der Waals surface area contributed by atoms with Crippen molar-refractivity contribution in [2.24, 2.45) is 0 Å². The third-order valence-electron chi connectivity index (χ3n) is 3.46. The second-order valence-electron chi connectivity index (χ2n) is 5.38. The number of nitrogens with one attached hydrogen (secondary N) is 1. The molecule has 7 nitrogen and oxygen atoms in total. The number of benzene rings is 1. The van der Waals surface area contributed by atoms with Gasteiger partial charge in [0.25, 0.3) is 0 Å². The highest BCUT2D eigenvalue weighted by molar-refractivity contribution is 5.90. The number of carbonyl (C=O) groups excluding carboxylic acids is 1. The Bertz CT molecular complexity index is 840. The molecule has 0 aliphatic heterocycles. The van der Waals surface area contributed by atoms with Crippen LogP contribution in [0.5, 0.6) is 0 Å². The zero-order valence-electron chi connectivity index (χ0n) is 13.1. The van der Waals surface area contributed by atoms with Gasteiger partial charge in [0, 0.05) is 16.9 Å². The van der Waals surface area contributed by atoms with Crippen LogP contribution in [-0.2, 0) is 11.3 Å². The average Bonchev–Trinajstić information content (AvgIpc) is 2.42. The number of rotatable bonds is 4. The largest absolute Gasteiger partial charge is 0.336 e. The fraction of sp³-hybridized carbons (Fsp3) is 0.250. The van der Waals surface area contributed by atoms with Crippen molar-refractivity contribution in [3.05, 3.63) is 67.6 Å². The van der Waals surface area contributed by atoms with Crippen LogP contribution in [0.2, 0.25) is 0 Å². The molecule has 0 spiro atoms. The van der Waals surface area contributed by atoms with Crippen molar-refractivity contribution in [3.63, 3.8) is 0 Å². The molecule has 0 bridgehead atoms. The van der Waals surface area contributed by atoms with Crippen LogP contribution in [0.3, 0.4) is 0 Å². The molecule has 0 atom stereocenters. The number of aryl methyl sites for hydroxylation is 3. The fourth-order valence-corrected chi connectivity index (χ4v) is 2.40. The Morgan fingerprint density at radius 1 is 1.26 bits per heavy atom. The number of hydrogen-bond donors (Lipinski definition) is 1. The van der Waals surface area contributed by atoms with Crippen LogP contribution < -0.4 is 10.9 Å². The Kier molecular flexibility index (Phi) is 4.59. The summed E-state index contributed by atoms with van der Waals surface area (Å²) in [6.45, 7) is 4.76. The Morgan fingerprint density at radius 2 is 1.96 bits per heavy atom. The Morgan fingerprint density at radius 3 is 2.57 bits per heavy atom. The number of anilines is 1. The highest BCUT2D eigenvalue weighted by atomic mass is 16.6. The number of carbonyl (C=O) groups is 1. The van der Waals surface area contributed by atoms with Gasteiger partial charge in [-0.05, 0) is 44.5 Å². The summed E-state index contributed by atoms with van der Waals surface area (Å²) in [7, 11) is 0. The number of amides is 1. The van der Waals surface area contributed by atoms with Gasteiger partial charge in [0.05, 0.1) is 4.92 Å². The zero-order valence-corrected chi connectivity index (χ0v) is 13.1. The number of aromatic nitrogens is 1. The quantitative estimate of drug-likeness (QED) is 0.692. The third-order valence-corrected chi connectivity index (χ3v) is 3.46. The molecule has 0 saturated carbocycles. The van der Waals surface area contributed by atoms with E-state index in [4.69, 9.17) is 0 Å². The number of hydrogen-bond acceptors (Lipinski definition) is 4. The van der Waals surface area contributed by atoms with E-state index in [2.05, 4.69) is 5.32 Å². The van der Waals surface area contributed by atoms with Crippen molar-refractivity contribution in [2.45, 2.75) is 27.3 Å². The summed E-state index contributed by atoms with van der Waals surface area (Å²) in [6, 6.07) is 8.76. The van der Waals surface area contributed by atoms with Crippen molar-refractivity contribution in [2.75, 3.05) is 5.32 Å². The Balaban J connectivity index is 2.29. The molecule has 1 N–H and O–H groups in total. The lowest BCUT2D eigenvalue weighted by molar-refractivity contribution is -0.387. The summed E-state index contributed by atoms with van der Waals surface area (Å²) >= 11 is 0. The zero-order chi connectivity index (χ0) is 17.1. The van der Waals surface area contributed by atoms with Crippen molar-refractivity contribution >= 4 is 17.3 Å². The summed E-state index contributed by atoms with van der Waals surface area (Å²) in [5.74, 6) is -0.418. The molecule has 0 aliphatic carbocycles. The molecule has 0 saturated heterocycles. The maximum atomic E-state index is 12.2. The number of nitro groups is 1.